The Kier molecular flexibility index (Phi) is 3.76. The number of halogens is 1. The number of nitrogens with one attached hydrogen (secondary N) is 1. The lowest BCUT2D eigenvalue weighted by atomic mass is 10.1. The van der Waals surface area contributed by atoms with E-state index >= 15 is 0 Å². The molecule has 2 rings (SSSR count). The number of aromatic nitrogens is 2. The van der Waals surface area contributed by atoms with E-state index in [1.54, 1.807) is 6.20 Å². The molecule has 4 N–H and O–H groups in total. The second-order valence-electron chi connectivity index (χ2n) is 3.13. The van der Waals surface area contributed by atoms with Crippen LogP contribution in [-0.2, 0) is 0 Å². The van der Waals surface area contributed by atoms with Crippen LogP contribution < -0.4 is 0 Å². The minimum Gasteiger partial charge on any atom is -0.504 e. The molecule has 1 atom stereocenters. The number of hydrogen-bond donors (Lipinski definition) is 4. The lowest BCUT2D eigenvalue weighted by Gasteiger charge is -2.08. The van der Waals surface area contributed by atoms with Crippen molar-refractivity contribution in [1.82, 2.24) is 9.97 Å². The number of hydrogen-bond acceptors (Lipinski definition) is 4. The van der Waals surface area contributed by atoms with Crippen LogP contribution in [0.5, 0.6) is 11.5 Å². The van der Waals surface area contributed by atoms with Crippen molar-refractivity contribution in [3.8, 4) is 11.5 Å². The van der Waals surface area contributed by atoms with Crippen molar-refractivity contribution in [3.63, 3.8) is 0 Å². The number of imidazole rings is 1. The molecule has 86 valence electrons. The zero-order chi connectivity index (χ0) is 10.8. The van der Waals surface area contributed by atoms with Crippen LogP contribution in [0.25, 0.3) is 0 Å². The molecule has 1 unspecified atom stereocenters. The van der Waals surface area contributed by atoms with Crippen LogP contribution in [0.15, 0.2) is 30.6 Å². The number of phenols is 2. The third-order valence-electron chi connectivity index (χ3n) is 2.09. The van der Waals surface area contributed by atoms with Gasteiger partial charge in [-0.25, -0.2) is 4.98 Å². The molecule has 1 aromatic heterocycles. The highest BCUT2D eigenvalue weighted by Gasteiger charge is 2.14. The van der Waals surface area contributed by atoms with Crippen molar-refractivity contribution < 1.29 is 15.3 Å². The van der Waals surface area contributed by atoms with Gasteiger partial charge in [0.1, 0.15) is 11.9 Å². The van der Waals surface area contributed by atoms with Crippen molar-refractivity contribution in [2.45, 2.75) is 6.10 Å². The number of nitrogens with zero attached hydrogens (tertiary/aromatic N) is 1. The molecule has 6 heteroatoms. The summed E-state index contributed by atoms with van der Waals surface area (Å²) in [5, 5.41) is 28.2. The molecule has 0 saturated heterocycles. The maximum absolute atomic E-state index is 9.81. The smallest absolute Gasteiger partial charge is 0.157 e. The number of benzene rings is 1. The number of aromatic hydroxyl groups is 2. The number of H-pyrrole nitrogens is 1. The highest BCUT2D eigenvalue weighted by Crippen LogP contribution is 2.29. The fourth-order valence-electron chi connectivity index (χ4n) is 1.30. The van der Waals surface area contributed by atoms with E-state index < -0.39 is 6.10 Å². The van der Waals surface area contributed by atoms with Crippen LogP contribution in [-0.4, -0.2) is 25.3 Å². The second-order valence-corrected chi connectivity index (χ2v) is 3.13. The van der Waals surface area contributed by atoms with Crippen LogP contribution in [0.4, 0.5) is 0 Å². The molecule has 0 aliphatic heterocycles. The van der Waals surface area contributed by atoms with E-state index in [1.165, 1.54) is 24.4 Å². The molecule has 0 fully saturated rings. The van der Waals surface area contributed by atoms with Gasteiger partial charge in [-0.1, -0.05) is 6.07 Å². The topological polar surface area (TPSA) is 89.4 Å². The predicted octanol–water partition coefficient (Wildman–Crippen LogP) is 1.32. The van der Waals surface area contributed by atoms with Crippen molar-refractivity contribution in [3.05, 3.63) is 42.0 Å². The first-order valence-electron chi connectivity index (χ1n) is 4.37. The van der Waals surface area contributed by atoms with E-state index in [4.69, 9.17) is 5.11 Å². The fourth-order valence-corrected chi connectivity index (χ4v) is 1.30. The lowest BCUT2D eigenvalue weighted by molar-refractivity contribution is 0.210. The van der Waals surface area contributed by atoms with Crippen LogP contribution in [0, 0.1) is 0 Å². The van der Waals surface area contributed by atoms with Gasteiger partial charge in [0.05, 0.1) is 0 Å². The molecule has 0 radical (unpaired) electrons. The summed E-state index contributed by atoms with van der Waals surface area (Å²) >= 11 is 0. The summed E-state index contributed by atoms with van der Waals surface area (Å²) in [7, 11) is 0. The number of aromatic amines is 1. The maximum atomic E-state index is 9.81. The normalized spacial score (nSPS) is 11.8. The Morgan fingerprint density at radius 2 is 1.94 bits per heavy atom. The Labute approximate surface area is 97.8 Å². The summed E-state index contributed by atoms with van der Waals surface area (Å²) < 4.78 is 0. The van der Waals surface area contributed by atoms with Crippen molar-refractivity contribution >= 4 is 12.4 Å². The zero-order valence-corrected chi connectivity index (χ0v) is 8.98. The quantitative estimate of drug-likeness (QED) is 0.598. The van der Waals surface area contributed by atoms with Gasteiger partial charge in [-0.15, -0.1) is 12.4 Å². The van der Waals surface area contributed by atoms with Crippen molar-refractivity contribution in [2.24, 2.45) is 0 Å². The Bertz CT molecular complexity index is 459. The summed E-state index contributed by atoms with van der Waals surface area (Å²) in [4.78, 5) is 6.66. The lowest BCUT2D eigenvalue weighted by Crippen LogP contribution is -2.01. The first-order chi connectivity index (χ1) is 7.18. The van der Waals surface area contributed by atoms with Crippen LogP contribution in [0.3, 0.4) is 0 Å². The summed E-state index contributed by atoms with van der Waals surface area (Å²) in [6.07, 6.45) is 2.18. The minimum atomic E-state index is -0.938. The van der Waals surface area contributed by atoms with Crippen LogP contribution in [0.1, 0.15) is 17.5 Å². The maximum Gasteiger partial charge on any atom is 0.157 e. The first-order valence-corrected chi connectivity index (χ1v) is 4.37. The molecule has 1 aromatic carbocycles. The molecule has 0 aliphatic carbocycles. The minimum absolute atomic E-state index is 0. The van der Waals surface area contributed by atoms with Gasteiger partial charge < -0.3 is 20.3 Å². The van der Waals surface area contributed by atoms with E-state index in [-0.39, 0.29) is 23.9 Å². The largest absolute Gasteiger partial charge is 0.504 e. The van der Waals surface area contributed by atoms with E-state index in [2.05, 4.69) is 9.97 Å². The van der Waals surface area contributed by atoms with Crippen molar-refractivity contribution in [2.75, 3.05) is 0 Å². The van der Waals surface area contributed by atoms with Crippen molar-refractivity contribution in [1.29, 1.82) is 0 Å². The Morgan fingerprint density at radius 1 is 1.19 bits per heavy atom. The van der Waals surface area contributed by atoms with Crippen LogP contribution in [0.2, 0.25) is 0 Å². The molecule has 0 amide bonds. The van der Waals surface area contributed by atoms with E-state index in [9.17, 15) is 10.2 Å². The second kappa shape index (κ2) is 4.87. The first kappa shape index (κ1) is 12.4. The van der Waals surface area contributed by atoms with Gasteiger partial charge in [0.2, 0.25) is 0 Å². The van der Waals surface area contributed by atoms with Gasteiger partial charge in [0.15, 0.2) is 11.5 Å². The zero-order valence-electron chi connectivity index (χ0n) is 8.16. The highest BCUT2D eigenvalue weighted by molar-refractivity contribution is 5.85. The average Bonchev–Trinajstić information content (AvgIpc) is 2.74. The Balaban J connectivity index is 0.00000128. The van der Waals surface area contributed by atoms with Gasteiger partial charge in [-0.3, -0.25) is 0 Å². The molecule has 1 heterocycles. The predicted molar refractivity (Wildman–Crippen MR) is 59.7 cm³/mol. The van der Waals surface area contributed by atoms with E-state index in [0.29, 0.717) is 11.4 Å². The van der Waals surface area contributed by atoms with Gasteiger partial charge in [0, 0.05) is 12.4 Å². The van der Waals surface area contributed by atoms with E-state index in [0.717, 1.165) is 0 Å². The average molecular weight is 243 g/mol. The molecule has 0 aliphatic rings. The van der Waals surface area contributed by atoms with Gasteiger partial charge >= 0.3 is 0 Å². The number of rotatable bonds is 2. The molecule has 5 nitrogen and oxygen atoms in total. The summed E-state index contributed by atoms with van der Waals surface area (Å²) in [6.45, 7) is 0. The number of aliphatic hydroxyl groups excluding tert-OH is 1. The third kappa shape index (κ3) is 2.26. The monoisotopic (exact) mass is 242 g/mol. The molecular formula is C10H11ClN2O3. The van der Waals surface area contributed by atoms with E-state index in [1.807, 2.05) is 0 Å². The molecular weight excluding hydrogens is 232 g/mol. The van der Waals surface area contributed by atoms with Gasteiger partial charge in [-0.2, -0.15) is 0 Å². The Morgan fingerprint density at radius 3 is 2.50 bits per heavy atom. The summed E-state index contributed by atoms with van der Waals surface area (Å²) in [5.74, 6) is -0.0939. The third-order valence-corrected chi connectivity index (χ3v) is 2.09. The number of phenolic OH excluding ortho intramolecular Hbond substituents is 2. The molecule has 0 spiro atoms. The summed E-state index contributed by atoms with van der Waals surface area (Å²) in [6, 6.07) is 4.13. The van der Waals surface area contributed by atoms with Gasteiger partial charge in [0.25, 0.3) is 0 Å². The van der Waals surface area contributed by atoms with Gasteiger partial charge in [-0.05, 0) is 17.7 Å². The standard InChI is InChI=1S/C10H10N2O3.ClH/c13-7-2-1-6(5-8(7)14)9(15)10-11-3-4-12-10;/h1-5,9,13-15H,(H,11,12);1H. The molecule has 2 aromatic rings. The highest BCUT2D eigenvalue weighted by atomic mass is 35.5. The Hall–Kier alpha value is -1.72. The molecule has 0 saturated carbocycles. The summed E-state index contributed by atoms with van der Waals surface area (Å²) in [5.41, 5.74) is 0.459. The SMILES string of the molecule is Cl.Oc1ccc(C(O)c2ncc[nH]2)cc1O. The molecule has 16 heavy (non-hydrogen) atoms. The number of aliphatic hydroxyl groups is 1. The van der Waals surface area contributed by atoms with Crippen LogP contribution >= 0.6 is 12.4 Å². The molecule has 0 bridgehead atoms. The fraction of sp³-hybridized carbons (Fsp3) is 0.100.